The zero-order valence-electron chi connectivity index (χ0n) is 16.2. The highest BCUT2D eigenvalue weighted by atomic mass is 16.3. The van der Waals surface area contributed by atoms with Gasteiger partial charge in [0.05, 0.1) is 6.54 Å². The summed E-state index contributed by atoms with van der Waals surface area (Å²) in [6.07, 6.45) is 5.67. The maximum atomic E-state index is 12.9. The molecule has 3 aromatic rings. The van der Waals surface area contributed by atoms with E-state index in [0.29, 0.717) is 22.7 Å². The summed E-state index contributed by atoms with van der Waals surface area (Å²) in [7, 11) is 3.08. The van der Waals surface area contributed by atoms with Crippen LogP contribution in [0.25, 0.3) is 11.2 Å². The molecule has 0 bridgehead atoms. The first kappa shape index (κ1) is 18.3. The summed E-state index contributed by atoms with van der Waals surface area (Å²) in [5, 5.41) is 13.7. The summed E-state index contributed by atoms with van der Waals surface area (Å²) >= 11 is 0. The highest BCUT2D eigenvalue weighted by Crippen LogP contribution is 2.25. The monoisotopic (exact) mass is 383 g/mol. The number of phenols is 1. The predicted molar refractivity (Wildman–Crippen MR) is 108 cm³/mol. The second-order valence-corrected chi connectivity index (χ2v) is 7.51. The maximum absolute atomic E-state index is 12.9. The molecule has 2 aromatic heterocycles. The first-order valence-corrected chi connectivity index (χ1v) is 9.67. The molecule has 2 heterocycles. The summed E-state index contributed by atoms with van der Waals surface area (Å²) in [6.45, 7) is 0.283. The lowest BCUT2D eigenvalue weighted by Gasteiger charge is -2.23. The van der Waals surface area contributed by atoms with E-state index < -0.39 is 11.2 Å². The van der Waals surface area contributed by atoms with Crippen LogP contribution in [0.3, 0.4) is 0 Å². The minimum atomic E-state index is -0.408. The van der Waals surface area contributed by atoms with E-state index in [-0.39, 0.29) is 18.3 Å². The standard InChI is InChI=1S/C20H25N5O3/c1-23-17-16(18(27)24(2)20(23)28)25(12-13-8-6-7-11-15(13)26)19(22-17)21-14-9-4-3-5-10-14/h6-8,11,14,26H,3-5,9-10,12H2,1-2H3,(H,21,22). The minimum absolute atomic E-state index is 0.162. The second-order valence-electron chi connectivity index (χ2n) is 7.51. The van der Waals surface area contributed by atoms with Gasteiger partial charge in [-0.25, -0.2) is 4.79 Å². The number of rotatable bonds is 4. The number of fused-ring (bicyclic) bond motifs is 1. The van der Waals surface area contributed by atoms with Gasteiger partial charge in [0.1, 0.15) is 5.75 Å². The molecule has 0 saturated heterocycles. The van der Waals surface area contributed by atoms with Crippen LogP contribution in [-0.2, 0) is 20.6 Å². The quantitative estimate of drug-likeness (QED) is 0.718. The molecule has 2 N–H and O–H groups in total. The van der Waals surface area contributed by atoms with Crippen LogP contribution in [0, 0.1) is 0 Å². The first-order valence-electron chi connectivity index (χ1n) is 9.67. The van der Waals surface area contributed by atoms with E-state index in [1.54, 1.807) is 23.7 Å². The molecule has 4 rings (SSSR count). The van der Waals surface area contributed by atoms with Crippen LogP contribution in [0.4, 0.5) is 5.95 Å². The van der Waals surface area contributed by atoms with Crippen molar-refractivity contribution in [3.63, 3.8) is 0 Å². The van der Waals surface area contributed by atoms with Gasteiger partial charge in [-0.15, -0.1) is 0 Å². The third-order valence-corrected chi connectivity index (χ3v) is 5.61. The number of imidazole rings is 1. The van der Waals surface area contributed by atoms with Crippen LogP contribution in [0.5, 0.6) is 5.75 Å². The number of para-hydroxylation sites is 1. The minimum Gasteiger partial charge on any atom is -0.508 e. The van der Waals surface area contributed by atoms with Crippen molar-refractivity contribution in [3.8, 4) is 5.75 Å². The summed E-state index contributed by atoms with van der Waals surface area (Å²) in [4.78, 5) is 29.9. The fraction of sp³-hybridized carbons (Fsp3) is 0.450. The molecule has 1 aliphatic rings. The van der Waals surface area contributed by atoms with Crippen molar-refractivity contribution in [2.24, 2.45) is 14.1 Å². The molecule has 0 spiro atoms. The molecule has 0 aliphatic heterocycles. The molecule has 0 unspecified atom stereocenters. The summed E-state index contributed by atoms with van der Waals surface area (Å²) < 4.78 is 4.26. The molecule has 148 valence electrons. The Kier molecular flexibility index (Phi) is 4.70. The normalized spacial score (nSPS) is 15.2. The molecule has 8 nitrogen and oxygen atoms in total. The lowest BCUT2D eigenvalue weighted by molar-refractivity contribution is 0.458. The number of aromatic hydroxyl groups is 1. The van der Waals surface area contributed by atoms with Crippen molar-refractivity contribution >= 4 is 17.1 Å². The van der Waals surface area contributed by atoms with E-state index in [0.717, 1.165) is 30.3 Å². The highest BCUT2D eigenvalue weighted by Gasteiger charge is 2.22. The smallest absolute Gasteiger partial charge is 0.332 e. The van der Waals surface area contributed by atoms with E-state index in [1.165, 1.54) is 18.0 Å². The summed E-state index contributed by atoms with van der Waals surface area (Å²) in [6, 6.07) is 7.33. The van der Waals surface area contributed by atoms with E-state index in [9.17, 15) is 14.7 Å². The Labute approximate surface area is 162 Å². The topological polar surface area (TPSA) is 94.1 Å². The summed E-state index contributed by atoms with van der Waals surface area (Å²) in [5.74, 6) is 0.720. The van der Waals surface area contributed by atoms with Crippen molar-refractivity contribution in [1.82, 2.24) is 18.7 Å². The van der Waals surface area contributed by atoms with Crippen LogP contribution in [0.2, 0.25) is 0 Å². The van der Waals surface area contributed by atoms with Crippen LogP contribution in [0.15, 0.2) is 33.9 Å². The van der Waals surface area contributed by atoms with Crippen molar-refractivity contribution in [2.45, 2.75) is 44.7 Å². The van der Waals surface area contributed by atoms with Crippen LogP contribution >= 0.6 is 0 Å². The fourth-order valence-corrected chi connectivity index (χ4v) is 3.96. The Bertz CT molecular complexity index is 1140. The zero-order chi connectivity index (χ0) is 19.8. The third-order valence-electron chi connectivity index (χ3n) is 5.61. The number of aromatic nitrogens is 4. The van der Waals surface area contributed by atoms with Gasteiger partial charge in [0.25, 0.3) is 5.56 Å². The molecule has 28 heavy (non-hydrogen) atoms. The lowest BCUT2D eigenvalue weighted by Crippen LogP contribution is -2.37. The van der Waals surface area contributed by atoms with Gasteiger partial charge in [-0.2, -0.15) is 4.98 Å². The Hall–Kier alpha value is -3.03. The van der Waals surface area contributed by atoms with E-state index in [1.807, 2.05) is 12.1 Å². The number of hydrogen-bond donors (Lipinski definition) is 2. The molecule has 0 radical (unpaired) electrons. The summed E-state index contributed by atoms with van der Waals surface area (Å²) in [5.41, 5.74) is 0.587. The Morgan fingerprint density at radius 2 is 1.82 bits per heavy atom. The van der Waals surface area contributed by atoms with Crippen LogP contribution in [-0.4, -0.2) is 29.8 Å². The third kappa shape index (κ3) is 3.08. The van der Waals surface area contributed by atoms with Gasteiger partial charge >= 0.3 is 5.69 Å². The zero-order valence-corrected chi connectivity index (χ0v) is 16.2. The maximum Gasteiger partial charge on any atom is 0.332 e. The van der Waals surface area contributed by atoms with Crippen molar-refractivity contribution < 1.29 is 5.11 Å². The number of hydrogen-bond acceptors (Lipinski definition) is 5. The van der Waals surface area contributed by atoms with Gasteiger partial charge in [0.15, 0.2) is 11.2 Å². The number of aryl methyl sites for hydroxylation is 1. The van der Waals surface area contributed by atoms with Gasteiger partial charge in [-0.3, -0.25) is 18.5 Å². The predicted octanol–water partition coefficient (Wildman–Crippen LogP) is 1.93. The van der Waals surface area contributed by atoms with E-state index in [4.69, 9.17) is 0 Å². The van der Waals surface area contributed by atoms with Crippen molar-refractivity contribution in [3.05, 3.63) is 50.7 Å². The Morgan fingerprint density at radius 1 is 1.11 bits per heavy atom. The molecule has 1 aliphatic carbocycles. The first-order chi connectivity index (χ1) is 13.5. The number of anilines is 1. The van der Waals surface area contributed by atoms with Crippen LogP contribution in [0.1, 0.15) is 37.7 Å². The van der Waals surface area contributed by atoms with Crippen LogP contribution < -0.4 is 16.6 Å². The molecule has 0 atom stereocenters. The number of benzene rings is 1. The Morgan fingerprint density at radius 3 is 2.54 bits per heavy atom. The molecule has 8 heteroatoms. The molecular formula is C20H25N5O3. The van der Waals surface area contributed by atoms with Crippen molar-refractivity contribution in [1.29, 1.82) is 0 Å². The second kappa shape index (κ2) is 7.18. The number of nitrogens with one attached hydrogen (secondary N) is 1. The van der Waals surface area contributed by atoms with Gasteiger partial charge in [0, 0.05) is 25.7 Å². The fourth-order valence-electron chi connectivity index (χ4n) is 3.96. The number of phenolic OH excluding ortho intramolecular Hbond substituents is 1. The van der Waals surface area contributed by atoms with Gasteiger partial charge < -0.3 is 10.4 Å². The Balaban J connectivity index is 1.90. The highest BCUT2D eigenvalue weighted by molar-refractivity contribution is 5.74. The molecule has 1 fully saturated rings. The van der Waals surface area contributed by atoms with Gasteiger partial charge in [-0.05, 0) is 18.9 Å². The van der Waals surface area contributed by atoms with Gasteiger partial charge in [0.2, 0.25) is 5.95 Å². The number of nitrogens with zero attached hydrogens (tertiary/aromatic N) is 4. The molecule has 0 amide bonds. The van der Waals surface area contributed by atoms with Crippen molar-refractivity contribution in [2.75, 3.05) is 5.32 Å². The molecule has 1 saturated carbocycles. The lowest BCUT2D eigenvalue weighted by atomic mass is 9.96. The molecular weight excluding hydrogens is 358 g/mol. The SMILES string of the molecule is Cn1c(=O)c2c(nc(NC3CCCCC3)n2Cc2ccccc2O)n(C)c1=O. The molecule has 1 aromatic carbocycles. The van der Waals surface area contributed by atoms with E-state index >= 15 is 0 Å². The average Bonchev–Trinajstić information content (AvgIpc) is 3.05. The van der Waals surface area contributed by atoms with E-state index in [2.05, 4.69) is 10.3 Å². The van der Waals surface area contributed by atoms with Gasteiger partial charge in [-0.1, -0.05) is 37.5 Å². The average molecular weight is 383 g/mol. The largest absolute Gasteiger partial charge is 0.508 e.